The second kappa shape index (κ2) is 8.67. The maximum absolute atomic E-state index is 6.03. The first-order chi connectivity index (χ1) is 12.1. The smallest absolute Gasteiger partial charge is 0.187 e. The van der Waals surface area contributed by atoms with Crippen molar-refractivity contribution in [1.82, 2.24) is 10.7 Å². The van der Waals surface area contributed by atoms with Gasteiger partial charge >= 0.3 is 0 Å². The average molecular weight is 398 g/mol. The summed E-state index contributed by atoms with van der Waals surface area (Å²) in [4.78, 5) is 0. The summed E-state index contributed by atoms with van der Waals surface area (Å²) in [5, 5.41) is 8.58. The van der Waals surface area contributed by atoms with Crippen molar-refractivity contribution in [2.75, 3.05) is 13.2 Å². The quantitative estimate of drug-likeness (QED) is 0.449. The summed E-state index contributed by atoms with van der Waals surface area (Å²) in [6.07, 6.45) is 3.94. The Balaban J connectivity index is 1.51. The first-order valence-corrected chi connectivity index (χ1v) is 9.02. The third kappa shape index (κ3) is 5.19. The van der Waals surface area contributed by atoms with Crippen LogP contribution in [-0.2, 0) is 4.74 Å². The minimum Gasteiger partial charge on any atom is -0.455 e. The average Bonchev–Trinajstić information content (AvgIpc) is 3.27. The number of ether oxygens (including phenoxy) is 1. The van der Waals surface area contributed by atoms with Crippen molar-refractivity contribution in [3.63, 3.8) is 0 Å². The molecule has 132 valence electrons. The van der Waals surface area contributed by atoms with E-state index >= 15 is 0 Å². The van der Waals surface area contributed by atoms with E-state index in [-0.39, 0.29) is 6.10 Å². The van der Waals surface area contributed by atoms with E-state index in [2.05, 4.69) is 15.8 Å². The van der Waals surface area contributed by atoms with E-state index in [1.165, 1.54) is 0 Å². The molecule has 0 saturated carbocycles. The number of hydrogen-bond acceptors (Lipinski definition) is 4. The highest BCUT2D eigenvalue weighted by atomic mass is 35.5. The van der Waals surface area contributed by atoms with Crippen LogP contribution in [0.3, 0.4) is 0 Å². The van der Waals surface area contributed by atoms with Crippen LogP contribution in [0.5, 0.6) is 0 Å². The van der Waals surface area contributed by atoms with Gasteiger partial charge in [0.25, 0.3) is 0 Å². The fourth-order valence-electron chi connectivity index (χ4n) is 2.43. The van der Waals surface area contributed by atoms with Crippen LogP contribution in [0.4, 0.5) is 0 Å². The molecule has 1 saturated heterocycles. The van der Waals surface area contributed by atoms with E-state index in [9.17, 15) is 0 Å². The van der Waals surface area contributed by atoms with Crippen LogP contribution in [0.2, 0.25) is 10.0 Å². The van der Waals surface area contributed by atoms with Gasteiger partial charge in [-0.25, -0.2) is 0 Å². The van der Waals surface area contributed by atoms with Crippen molar-refractivity contribution < 1.29 is 9.15 Å². The molecular weight excluding hydrogens is 381 g/mol. The first-order valence-electron chi connectivity index (χ1n) is 7.85. The summed E-state index contributed by atoms with van der Waals surface area (Å²) in [6, 6.07) is 8.98. The zero-order chi connectivity index (χ0) is 17.6. The highest BCUT2D eigenvalue weighted by molar-refractivity contribution is 7.80. The number of nitrogens with one attached hydrogen (secondary N) is 2. The number of hydrazone groups is 1. The zero-order valence-electron chi connectivity index (χ0n) is 13.3. The van der Waals surface area contributed by atoms with Crippen molar-refractivity contribution in [2.24, 2.45) is 5.10 Å². The van der Waals surface area contributed by atoms with Gasteiger partial charge in [-0.15, -0.1) is 0 Å². The van der Waals surface area contributed by atoms with Gasteiger partial charge in [0, 0.05) is 18.7 Å². The number of halogens is 2. The van der Waals surface area contributed by atoms with Crippen LogP contribution in [0.15, 0.2) is 39.9 Å². The summed E-state index contributed by atoms with van der Waals surface area (Å²) in [5.41, 5.74) is 3.60. The van der Waals surface area contributed by atoms with Crippen LogP contribution in [0, 0.1) is 0 Å². The van der Waals surface area contributed by atoms with Crippen LogP contribution < -0.4 is 10.7 Å². The molecule has 8 heteroatoms. The predicted molar refractivity (Wildman–Crippen MR) is 104 cm³/mol. The Bertz CT molecular complexity index is 773. The van der Waals surface area contributed by atoms with Crippen molar-refractivity contribution >= 4 is 46.7 Å². The number of hydrogen-bond donors (Lipinski definition) is 2. The topological polar surface area (TPSA) is 58.8 Å². The number of nitrogens with zero attached hydrogens (tertiary/aromatic N) is 1. The second-order valence-electron chi connectivity index (χ2n) is 5.55. The highest BCUT2D eigenvalue weighted by Crippen LogP contribution is 2.29. The minimum absolute atomic E-state index is 0.225. The van der Waals surface area contributed by atoms with Gasteiger partial charge in [0.15, 0.2) is 5.11 Å². The lowest BCUT2D eigenvalue weighted by Crippen LogP contribution is -2.37. The van der Waals surface area contributed by atoms with Crippen LogP contribution in [0.25, 0.3) is 11.3 Å². The normalized spacial score (nSPS) is 17.1. The van der Waals surface area contributed by atoms with Gasteiger partial charge in [0.05, 0.1) is 22.4 Å². The van der Waals surface area contributed by atoms with E-state index in [0.29, 0.717) is 33.2 Å². The molecule has 1 aliphatic rings. The number of rotatable bonds is 5. The SMILES string of the molecule is S=C(NC[C@@H]1CCCO1)N/N=C\c1ccc(-c2ccc(Cl)c(Cl)c2)o1. The summed E-state index contributed by atoms with van der Waals surface area (Å²) in [6.45, 7) is 1.51. The molecule has 1 fully saturated rings. The Labute approximate surface area is 161 Å². The van der Waals surface area contributed by atoms with Gasteiger partial charge in [-0.2, -0.15) is 5.10 Å². The third-order valence-corrected chi connectivity index (χ3v) is 4.68. The fourth-order valence-corrected chi connectivity index (χ4v) is 2.87. The molecule has 0 unspecified atom stereocenters. The molecule has 25 heavy (non-hydrogen) atoms. The monoisotopic (exact) mass is 397 g/mol. The van der Waals surface area contributed by atoms with Crippen LogP contribution in [-0.4, -0.2) is 30.6 Å². The molecule has 2 N–H and O–H groups in total. The van der Waals surface area contributed by atoms with E-state index in [4.69, 9.17) is 44.6 Å². The molecule has 1 aromatic heterocycles. The van der Waals surface area contributed by atoms with Crippen LogP contribution >= 0.6 is 35.4 Å². The second-order valence-corrected chi connectivity index (χ2v) is 6.77. The summed E-state index contributed by atoms with van der Waals surface area (Å²) < 4.78 is 11.2. The van der Waals surface area contributed by atoms with Gasteiger partial charge in [0.2, 0.25) is 0 Å². The van der Waals surface area contributed by atoms with Gasteiger partial charge in [-0.1, -0.05) is 23.2 Å². The van der Waals surface area contributed by atoms with E-state index < -0.39 is 0 Å². The van der Waals surface area contributed by atoms with Gasteiger partial charge in [-0.05, 0) is 55.4 Å². The Morgan fingerprint density at radius 3 is 2.92 bits per heavy atom. The van der Waals surface area contributed by atoms with Crippen molar-refractivity contribution in [3.8, 4) is 11.3 Å². The van der Waals surface area contributed by atoms with Crippen molar-refractivity contribution in [2.45, 2.75) is 18.9 Å². The first kappa shape index (κ1) is 18.2. The van der Waals surface area contributed by atoms with E-state index in [1.54, 1.807) is 18.3 Å². The maximum Gasteiger partial charge on any atom is 0.187 e. The fraction of sp³-hybridized carbons (Fsp3) is 0.294. The summed E-state index contributed by atoms with van der Waals surface area (Å²) in [5.74, 6) is 1.27. The number of thiocarbonyl (C=S) groups is 1. The van der Waals surface area contributed by atoms with E-state index in [0.717, 1.165) is 25.0 Å². The van der Waals surface area contributed by atoms with E-state index in [1.807, 2.05) is 18.2 Å². The van der Waals surface area contributed by atoms with Crippen LogP contribution in [0.1, 0.15) is 18.6 Å². The summed E-state index contributed by atoms with van der Waals surface area (Å²) >= 11 is 17.1. The molecule has 0 bridgehead atoms. The predicted octanol–water partition coefficient (Wildman–Crippen LogP) is 4.23. The molecule has 1 aromatic carbocycles. The van der Waals surface area contributed by atoms with Gasteiger partial charge in [-0.3, -0.25) is 5.43 Å². The molecule has 0 spiro atoms. The van der Waals surface area contributed by atoms with Gasteiger partial charge in [0.1, 0.15) is 11.5 Å². The van der Waals surface area contributed by atoms with Crippen molar-refractivity contribution in [3.05, 3.63) is 46.1 Å². The minimum atomic E-state index is 0.225. The lowest BCUT2D eigenvalue weighted by molar-refractivity contribution is 0.114. The van der Waals surface area contributed by atoms with Crippen molar-refractivity contribution in [1.29, 1.82) is 0 Å². The molecule has 0 amide bonds. The highest BCUT2D eigenvalue weighted by Gasteiger charge is 2.15. The molecular formula is C17H17Cl2N3O2S. The Hall–Kier alpha value is -1.60. The standard InChI is InChI=1S/C17H17Cl2N3O2S/c18-14-5-3-11(8-15(14)19)16-6-4-13(24-16)10-21-22-17(25)20-9-12-2-1-7-23-12/h3-6,8,10,12H,1-2,7,9H2,(H2,20,22,25)/b21-10-/t12-/m0/s1. The Kier molecular flexibility index (Phi) is 6.31. The lowest BCUT2D eigenvalue weighted by atomic mass is 10.2. The molecule has 5 nitrogen and oxygen atoms in total. The maximum atomic E-state index is 6.03. The molecule has 3 rings (SSSR count). The largest absolute Gasteiger partial charge is 0.455 e. The summed E-state index contributed by atoms with van der Waals surface area (Å²) in [7, 11) is 0. The molecule has 1 aliphatic heterocycles. The Morgan fingerprint density at radius 1 is 1.28 bits per heavy atom. The molecule has 1 atom stereocenters. The molecule has 2 aromatic rings. The molecule has 0 radical (unpaired) electrons. The molecule has 2 heterocycles. The number of benzene rings is 1. The lowest BCUT2D eigenvalue weighted by Gasteiger charge is -2.11. The molecule has 0 aliphatic carbocycles. The number of furan rings is 1. The zero-order valence-corrected chi connectivity index (χ0v) is 15.6. The van der Waals surface area contributed by atoms with Gasteiger partial charge < -0.3 is 14.5 Å². The third-order valence-electron chi connectivity index (χ3n) is 3.70. The Morgan fingerprint density at radius 2 is 2.16 bits per heavy atom.